The van der Waals surface area contributed by atoms with Crippen LogP contribution >= 0.6 is 11.3 Å². The molecule has 0 atom stereocenters. The molecule has 4 N–H and O–H groups in total. The summed E-state index contributed by atoms with van der Waals surface area (Å²) in [5, 5.41) is 22.0. The molecule has 0 spiro atoms. The molecule has 0 saturated heterocycles. The highest BCUT2D eigenvalue weighted by atomic mass is 32.1. The minimum atomic E-state index is -1.82. The van der Waals surface area contributed by atoms with Gasteiger partial charge in [-0.1, -0.05) is 19.9 Å². The van der Waals surface area contributed by atoms with Crippen molar-refractivity contribution in [3.63, 3.8) is 0 Å². The number of aromatic nitrogens is 1. The minimum absolute atomic E-state index is 0.0335. The van der Waals surface area contributed by atoms with E-state index in [1.165, 1.54) is 10.3 Å². The lowest BCUT2D eigenvalue weighted by Gasteiger charge is -2.28. The normalized spacial score (nSPS) is 11.1. The van der Waals surface area contributed by atoms with Crippen LogP contribution in [-0.2, 0) is 14.4 Å². The molecule has 0 radical (unpaired) electrons. The first kappa shape index (κ1) is 27.9. The number of carbonyl (C=O) groups is 3. The van der Waals surface area contributed by atoms with E-state index in [-0.39, 0.29) is 11.3 Å². The number of benzene rings is 2. The molecule has 0 bridgehead atoms. The van der Waals surface area contributed by atoms with Crippen molar-refractivity contribution in [1.29, 1.82) is 0 Å². The maximum Gasteiger partial charge on any atom is 0.414 e. The summed E-state index contributed by atoms with van der Waals surface area (Å²) in [5.41, 5.74) is 4.23. The Bertz CT molecular complexity index is 1160. The van der Waals surface area contributed by atoms with Gasteiger partial charge in [-0.15, -0.1) is 11.3 Å². The summed E-state index contributed by atoms with van der Waals surface area (Å²) in [4.78, 5) is 37.3. The van der Waals surface area contributed by atoms with Crippen molar-refractivity contribution in [2.24, 2.45) is 5.41 Å². The second-order valence-electron chi connectivity index (χ2n) is 9.23. The first-order valence-corrected chi connectivity index (χ1v) is 11.8. The molecule has 1 amide bonds. The van der Waals surface area contributed by atoms with Gasteiger partial charge in [0.2, 0.25) is 5.91 Å². The van der Waals surface area contributed by atoms with Crippen molar-refractivity contribution in [2.45, 2.75) is 20.8 Å². The van der Waals surface area contributed by atoms with Gasteiger partial charge in [0.05, 0.1) is 16.8 Å². The Kier molecular flexibility index (Phi) is 9.88. The molecule has 1 heterocycles. The molecule has 2 aromatic carbocycles. The second-order valence-corrected chi connectivity index (χ2v) is 10.3. The number of aryl methyl sites for hydroxylation is 1. The summed E-state index contributed by atoms with van der Waals surface area (Å²) in [6.45, 7) is 8.53. The van der Waals surface area contributed by atoms with Crippen molar-refractivity contribution in [1.82, 2.24) is 15.2 Å². The molecule has 0 aliphatic rings. The predicted molar refractivity (Wildman–Crippen MR) is 139 cm³/mol. The number of aliphatic carboxylic acids is 2. The maximum atomic E-state index is 12.2. The number of rotatable bonds is 8. The van der Waals surface area contributed by atoms with Crippen LogP contribution in [-0.4, -0.2) is 71.7 Å². The standard InChI is InChI=1S/C23H30N4OS.C2H2O4/c1-16-6-11-19-20(12-16)29-22(26-19)17-7-9-18(10-8-17)25-21(28)13-24-14-23(2,3)15-27(4)5;3-1(4)2(5)6/h6-12,24H,13-15H2,1-5H3,(H,25,28);(H,3,4)(H,5,6). The first-order chi connectivity index (χ1) is 16.4. The van der Waals surface area contributed by atoms with Crippen LogP contribution in [0.2, 0.25) is 0 Å². The van der Waals surface area contributed by atoms with E-state index in [1.54, 1.807) is 11.3 Å². The number of carbonyl (C=O) groups excluding carboxylic acids is 1. The van der Waals surface area contributed by atoms with Crippen LogP contribution in [0.5, 0.6) is 0 Å². The van der Waals surface area contributed by atoms with E-state index in [0.717, 1.165) is 34.9 Å². The van der Waals surface area contributed by atoms with Crippen LogP contribution in [0, 0.1) is 12.3 Å². The Labute approximate surface area is 208 Å². The third kappa shape index (κ3) is 9.44. The number of carboxylic acid groups (broad SMARTS) is 2. The van der Waals surface area contributed by atoms with Crippen LogP contribution in [0.15, 0.2) is 42.5 Å². The summed E-state index contributed by atoms with van der Waals surface area (Å²) < 4.78 is 1.20. The summed E-state index contributed by atoms with van der Waals surface area (Å²) in [7, 11) is 4.13. The average Bonchev–Trinajstić information content (AvgIpc) is 3.16. The second kappa shape index (κ2) is 12.4. The van der Waals surface area contributed by atoms with Gasteiger partial charge in [-0.2, -0.15) is 0 Å². The number of hydrogen-bond donors (Lipinski definition) is 4. The fourth-order valence-electron chi connectivity index (χ4n) is 3.48. The van der Waals surface area contributed by atoms with Gasteiger partial charge in [0.25, 0.3) is 0 Å². The number of thiazole rings is 1. The van der Waals surface area contributed by atoms with Gasteiger partial charge in [0.15, 0.2) is 0 Å². The molecule has 0 fully saturated rings. The topological polar surface area (TPSA) is 132 Å². The lowest BCUT2D eigenvalue weighted by atomic mass is 9.93. The van der Waals surface area contributed by atoms with Gasteiger partial charge in [-0.3, -0.25) is 4.79 Å². The molecule has 0 aliphatic heterocycles. The molecule has 188 valence electrons. The van der Waals surface area contributed by atoms with Gasteiger partial charge < -0.3 is 25.7 Å². The number of anilines is 1. The van der Waals surface area contributed by atoms with Crippen molar-refractivity contribution in [3.8, 4) is 10.6 Å². The third-order valence-corrected chi connectivity index (χ3v) is 5.84. The van der Waals surface area contributed by atoms with Crippen molar-refractivity contribution >= 4 is 45.1 Å². The zero-order valence-corrected chi connectivity index (χ0v) is 21.4. The van der Waals surface area contributed by atoms with Crippen LogP contribution in [0.25, 0.3) is 20.8 Å². The van der Waals surface area contributed by atoms with Gasteiger partial charge >= 0.3 is 11.9 Å². The highest BCUT2D eigenvalue weighted by Crippen LogP contribution is 2.31. The van der Waals surface area contributed by atoms with Crippen LogP contribution in [0.3, 0.4) is 0 Å². The molecule has 0 saturated carbocycles. The fraction of sp³-hybridized carbons (Fsp3) is 0.360. The summed E-state index contributed by atoms with van der Waals surface area (Å²) in [6.07, 6.45) is 0. The number of nitrogens with one attached hydrogen (secondary N) is 2. The van der Waals surface area contributed by atoms with Gasteiger partial charge in [-0.25, -0.2) is 14.6 Å². The fourth-order valence-corrected chi connectivity index (χ4v) is 4.55. The van der Waals surface area contributed by atoms with E-state index in [0.29, 0.717) is 6.54 Å². The molecule has 3 aromatic rings. The number of carboxylic acids is 2. The molecule has 1 aromatic heterocycles. The van der Waals surface area contributed by atoms with Crippen LogP contribution < -0.4 is 10.6 Å². The van der Waals surface area contributed by atoms with Gasteiger partial charge in [0, 0.05) is 24.3 Å². The van der Waals surface area contributed by atoms with Crippen molar-refractivity contribution in [2.75, 3.05) is 39.0 Å². The molecule has 3 rings (SSSR count). The first-order valence-electron chi connectivity index (χ1n) is 11.0. The van der Waals surface area contributed by atoms with Crippen molar-refractivity contribution in [3.05, 3.63) is 48.0 Å². The quantitative estimate of drug-likeness (QED) is 0.345. The van der Waals surface area contributed by atoms with Gasteiger partial charge in [-0.05, 0) is 68.4 Å². The Morgan fingerprint density at radius 2 is 1.66 bits per heavy atom. The number of hydrogen-bond acceptors (Lipinski definition) is 7. The van der Waals surface area contributed by atoms with Crippen LogP contribution in [0.1, 0.15) is 19.4 Å². The molecule has 0 unspecified atom stereocenters. The Balaban J connectivity index is 0.000000641. The highest BCUT2D eigenvalue weighted by molar-refractivity contribution is 7.21. The Hall–Kier alpha value is -3.34. The number of nitrogens with zero attached hydrogens (tertiary/aromatic N) is 2. The van der Waals surface area contributed by atoms with E-state index < -0.39 is 11.9 Å². The minimum Gasteiger partial charge on any atom is -0.473 e. The molecule has 9 nitrogen and oxygen atoms in total. The zero-order valence-electron chi connectivity index (χ0n) is 20.6. The van der Waals surface area contributed by atoms with E-state index in [4.69, 9.17) is 24.8 Å². The van der Waals surface area contributed by atoms with Crippen LogP contribution in [0.4, 0.5) is 5.69 Å². The SMILES string of the molecule is Cc1ccc2nc(-c3ccc(NC(=O)CNCC(C)(C)CN(C)C)cc3)sc2c1.O=C(O)C(=O)O. The maximum absolute atomic E-state index is 12.2. The highest BCUT2D eigenvalue weighted by Gasteiger charge is 2.18. The third-order valence-electron chi connectivity index (χ3n) is 4.78. The summed E-state index contributed by atoms with van der Waals surface area (Å²) in [5.74, 6) is -3.68. The van der Waals surface area contributed by atoms with E-state index >= 15 is 0 Å². The summed E-state index contributed by atoms with van der Waals surface area (Å²) >= 11 is 1.69. The number of fused-ring (bicyclic) bond motifs is 1. The summed E-state index contributed by atoms with van der Waals surface area (Å²) in [6, 6.07) is 14.2. The predicted octanol–water partition coefficient (Wildman–Crippen LogP) is 3.54. The lowest BCUT2D eigenvalue weighted by Crippen LogP contribution is -2.40. The molecule has 0 aliphatic carbocycles. The molecular weight excluding hydrogens is 468 g/mol. The number of amides is 1. The zero-order chi connectivity index (χ0) is 26.2. The Morgan fingerprint density at radius 3 is 2.23 bits per heavy atom. The largest absolute Gasteiger partial charge is 0.473 e. The van der Waals surface area contributed by atoms with E-state index in [1.807, 2.05) is 24.3 Å². The lowest BCUT2D eigenvalue weighted by molar-refractivity contribution is -0.159. The monoisotopic (exact) mass is 500 g/mol. The van der Waals surface area contributed by atoms with E-state index in [9.17, 15) is 4.79 Å². The smallest absolute Gasteiger partial charge is 0.414 e. The average molecular weight is 501 g/mol. The van der Waals surface area contributed by atoms with Gasteiger partial charge in [0.1, 0.15) is 5.01 Å². The molecular formula is C25H32N4O5S. The van der Waals surface area contributed by atoms with Crippen molar-refractivity contribution < 1.29 is 24.6 Å². The van der Waals surface area contributed by atoms with E-state index in [2.05, 4.69) is 68.6 Å². The Morgan fingerprint density at radius 1 is 1.03 bits per heavy atom. The molecule has 35 heavy (non-hydrogen) atoms. The molecule has 10 heteroatoms.